The average Bonchev–Trinajstić information content (AvgIpc) is 3.41. The molecule has 11 nitrogen and oxygen atoms in total. The van der Waals surface area contributed by atoms with Gasteiger partial charge in [-0.2, -0.15) is 4.31 Å². The molecule has 0 aliphatic carbocycles. The van der Waals surface area contributed by atoms with Crippen molar-refractivity contribution in [2.75, 3.05) is 32.1 Å². The van der Waals surface area contributed by atoms with Crippen molar-refractivity contribution in [3.63, 3.8) is 0 Å². The maximum atomic E-state index is 13.9. The van der Waals surface area contributed by atoms with Gasteiger partial charge in [0.2, 0.25) is 10.0 Å². The number of carbonyl (C=O) groups is 2. The van der Waals surface area contributed by atoms with Crippen LogP contribution in [0.4, 0.5) is 9.59 Å². The summed E-state index contributed by atoms with van der Waals surface area (Å²) in [6.07, 6.45) is 0.467. The molecule has 0 aromatic heterocycles. The molecule has 2 aromatic carbocycles. The van der Waals surface area contributed by atoms with Crippen molar-refractivity contribution in [1.29, 1.82) is 0 Å². The normalized spacial score (nSPS) is 20.4. The first-order chi connectivity index (χ1) is 20.6. The minimum atomic E-state index is -4.05. The number of alkyl carbamates (subject to hydrolysis) is 1. The molecule has 2 fully saturated rings. The number of sulfonamides is 1. The summed E-state index contributed by atoms with van der Waals surface area (Å²) in [7, 11) is -4.05. The van der Waals surface area contributed by atoms with E-state index >= 15 is 0 Å². The zero-order valence-corrected chi connectivity index (χ0v) is 26.1. The number of carbonyl (C=O) groups excluding carboxylic acids is 2. The predicted octanol–water partition coefficient (Wildman–Crippen LogP) is 3.76. The van der Waals surface area contributed by atoms with Crippen LogP contribution in [0.25, 0.3) is 0 Å². The highest BCUT2D eigenvalue weighted by Crippen LogP contribution is 2.25. The largest absolute Gasteiger partial charge is 0.465 e. The Balaban J connectivity index is 1.49. The van der Waals surface area contributed by atoms with Gasteiger partial charge in [-0.1, -0.05) is 62.0 Å². The molecule has 43 heavy (non-hydrogen) atoms. The van der Waals surface area contributed by atoms with Crippen molar-refractivity contribution in [3.05, 3.63) is 60.2 Å². The van der Waals surface area contributed by atoms with Gasteiger partial charge in [-0.05, 0) is 42.9 Å². The summed E-state index contributed by atoms with van der Waals surface area (Å²) in [4.78, 5) is 24.2. The standard InChI is InChI=1S/C30H41N3O8S2/c1-21(2)17-33(43(37,38)25-12-8-11-24(16-25)41-28-13-6-7-14-39-28)18-27(34)26(15-22-9-4-3-5-10-22)32-29(35)40-19-23-20-42-30(36)31-23/h3-5,8-12,16,21,23,26-28,34H,6-7,13-15,17-20H2,1-2H3,(H,31,36)(H,32,35)/t23-,26-,27+,28?/m0/s1. The number of aliphatic hydroxyl groups is 1. The minimum Gasteiger partial charge on any atom is -0.465 e. The number of amides is 2. The third-order valence-corrected chi connectivity index (χ3v) is 9.80. The first kappa shape index (κ1) is 33.1. The molecule has 0 spiro atoms. The van der Waals surface area contributed by atoms with Crippen LogP contribution < -0.4 is 15.4 Å². The molecule has 2 amide bonds. The SMILES string of the molecule is CC(C)CN(C[C@@H](O)[C@H](Cc1ccccc1)NC(=O)OC[C@H]1CSC(=O)N1)S(=O)(=O)c1cccc(OC2CCCCO2)c1. The summed E-state index contributed by atoms with van der Waals surface area (Å²) >= 11 is 1.12. The van der Waals surface area contributed by atoms with E-state index in [2.05, 4.69) is 10.6 Å². The lowest BCUT2D eigenvalue weighted by atomic mass is 10.0. The fourth-order valence-corrected chi connectivity index (χ4v) is 7.30. The molecule has 3 N–H and O–H groups in total. The van der Waals surface area contributed by atoms with Crippen LogP contribution in [0.2, 0.25) is 0 Å². The van der Waals surface area contributed by atoms with E-state index in [0.717, 1.165) is 36.6 Å². The Hall–Kier alpha value is -2.84. The van der Waals surface area contributed by atoms with Crippen molar-refractivity contribution >= 4 is 33.1 Å². The molecule has 1 unspecified atom stereocenters. The van der Waals surface area contributed by atoms with Crippen molar-refractivity contribution < 1.29 is 37.3 Å². The second-order valence-electron chi connectivity index (χ2n) is 11.2. The van der Waals surface area contributed by atoms with E-state index in [4.69, 9.17) is 14.2 Å². The number of ether oxygens (including phenoxy) is 3. The van der Waals surface area contributed by atoms with Gasteiger partial charge in [-0.3, -0.25) is 4.79 Å². The average molecular weight is 636 g/mol. The highest BCUT2D eigenvalue weighted by Gasteiger charge is 2.32. The molecule has 2 heterocycles. The zero-order valence-electron chi connectivity index (χ0n) is 24.5. The first-order valence-corrected chi connectivity index (χ1v) is 17.0. The van der Waals surface area contributed by atoms with Crippen LogP contribution in [0, 0.1) is 5.92 Å². The maximum absolute atomic E-state index is 13.9. The van der Waals surface area contributed by atoms with E-state index in [1.54, 1.807) is 12.1 Å². The number of hydrogen-bond acceptors (Lipinski definition) is 9. The van der Waals surface area contributed by atoms with Crippen LogP contribution in [-0.2, 0) is 25.9 Å². The predicted molar refractivity (Wildman–Crippen MR) is 163 cm³/mol. The Morgan fingerprint density at radius 3 is 2.63 bits per heavy atom. The van der Waals surface area contributed by atoms with Gasteiger partial charge < -0.3 is 30.0 Å². The molecular formula is C30H41N3O8S2. The summed E-state index contributed by atoms with van der Waals surface area (Å²) in [6, 6.07) is 14.4. The summed E-state index contributed by atoms with van der Waals surface area (Å²) in [5, 5.41) is 16.7. The van der Waals surface area contributed by atoms with Gasteiger partial charge in [-0.15, -0.1) is 0 Å². The quantitative estimate of drug-likeness (QED) is 0.283. The molecule has 4 atom stereocenters. The zero-order chi connectivity index (χ0) is 30.8. The van der Waals surface area contributed by atoms with Gasteiger partial charge in [0.15, 0.2) is 6.29 Å². The number of rotatable bonds is 14. The second kappa shape index (κ2) is 15.8. The molecule has 0 saturated carbocycles. The number of hydrogen-bond donors (Lipinski definition) is 3. The smallest absolute Gasteiger partial charge is 0.407 e. The van der Waals surface area contributed by atoms with Gasteiger partial charge in [-0.25, -0.2) is 13.2 Å². The van der Waals surface area contributed by atoms with Crippen molar-refractivity contribution in [2.24, 2.45) is 5.92 Å². The number of benzene rings is 2. The van der Waals surface area contributed by atoms with Crippen LogP contribution in [-0.4, -0.2) is 85.7 Å². The van der Waals surface area contributed by atoms with E-state index in [1.165, 1.54) is 16.4 Å². The molecule has 236 valence electrons. The topological polar surface area (TPSA) is 143 Å². The lowest BCUT2D eigenvalue weighted by Gasteiger charge is -2.31. The van der Waals surface area contributed by atoms with Gasteiger partial charge >= 0.3 is 6.09 Å². The monoisotopic (exact) mass is 635 g/mol. The molecule has 4 rings (SSSR count). The van der Waals surface area contributed by atoms with E-state index in [1.807, 2.05) is 44.2 Å². The summed E-state index contributed by atoms with van der Waals surface area (Å²) < 4.78 is 45.9. The number of aliphatic hydroxyl groups excluding tert-OH is 1. The Kier molecular flexibility index (Phi) is 12.1. The lowest BCUT2D eigenvalue weighted by molar-refractivity contribution is -0.106. The summed E-state index contributed by atoms with van der Waals surface area (Å²) in [6.45, 7) is 4.27. The summed E-state index contributed by atoms with van der Waals surface area (Å²) in [5.41, 5.74) is 0.847. The van der Waals surface area contributed by atoms with E-state index in [-0.39, 0.29) is 48.2 Å². The van der Waals surface area contributed by atoms with Crippen LogP contribution in [0.1, 0.15) is 38.7 Å². The maximum Gasteiger partial charge on any atom is 0.407 e. The van der Waals surface area contributed by atoms with Gasteiger partial charge in [0, 0.05) is 31.3 Å². The van der Waals surface area contributed by atoms with Gasteiger partial charge in [0.25, 0.3) is 5.24 Å². The first-order valence-electron chi connectivity index (χ1n) is 14.6. The van der Waals surface area contributed by atoms with Crippen molar-refractivity contribution in [1.82, 2.24) is 14.9 Å². The minimum absolute atomic E-state index is 0.0170. The fraction of sp³-hybridized carbons (Fsp3) is 0.533. The summed E-state index contributed by atoms with van der Waals surface area (Å²) in [5.74, 6) is 0.840. The lowest BCUT2D eigenvalue weighted by Crippen LogP contribution is -2.51. The van der Waals surface area contributed by atoms with Crippen LogP contribution in [0.15, 0.2) is 59.5 Å². The molecular weight excluding hydrogens is 594 g/mol. The van der Waals surface area contributed by atoms with E-state index in [0.29, 0.717) is 18.1 Å². The Bertz CT molecular complexity index is 1310. The van der Waals surface area contributed by atoms with Crippen LogP contribution in [0.5, 0.6) is 5.75 Å². The van der Waals surface area contributed by atoms with E-state index < -0.39 is 34.6 Å². The Labute approximate surface area is 257 Å². The molecule has 2 aromatic rings. The Morgan fingerprint density at radius 1 is 1.16 bits per heavy atom. The van der Waals surface area contributed by atoms with Crippen molar-refractivity contribution in [3.8, 4) is 5.75 Å². The van der Waals surface area contributed by atoms with Gasteiger partial charge in [0.1, 0.15) is 12.4 Å². The van der Waals surface area contributed by atoms with Crippen LogP contribution in [0.3, 0.4) is 0 Å². The second-order valence-corrected chi connectivity index (χ2v) is 14.1. The molecule has 2 aliphatic heterocycles. The number of nitrogens with one attached hydrogen (secondary N) is 2. The van der Waals surface area contributed by atoms with E-state index in [9.17, 15) is 23.1 Å². The third kappa shape index (κ3) is 10.1. The highest BCUT2D eigenvalue weighted by molar-refractivity contribution is 8.14. The molecule has 0 radical (unpaired) electrons. The number of thioether (sulfide) groups is 1. The highest BCUT2D eigenvalue weighted by atomic mass is 32.2. The van der Waals surface area contributed by atoms with Gasteiger partial charge in [0.05, 0.1) is 29.7 Å². The third-order valence-electron chi connectivity index (χ3n) is 7.03. The Morgan fingerprint density at radius 2 is 1.95 bits per heavy atom. The molecule has 0 bridgehead atoms. The molecule has 2 aliphatic rings. The fourth-order valence-electron chi connectivity index (χ4n) is 4.86. The van der Waals surface area contributed by atoms with Crippen LogP contribution >= 0.6 is 11.8 Å². The molecule has 13 heteroatoms. The van der Waals surface area contributed by atoms with Crippen molar-refractivity contribution in [2.45, 2.75) is 68.9 Å². The molecule has 2 saturated heterocycles. The number of nitrogens with zero attached hydrogens (tertiary/aromatic N) is 1.